The summed E-state index contributed by atoms with van der Waals surface area (Å²) >= 11 is 13.3. The monoisotopic (exact) mass is 510 g/mol. The van der Waals surface area contributed by atoms with E-state index in [1.165, 1.54) is 29.5 Å². The predicted octanol–water partition coefficient (Wildman–Crippen LogP) is 7.14. The topological polar surface area (TPSA) is 73.6 Å². The molecule has 170 valence electrons. The maximum Gasteiger partial charge on any atom is 0.387 e. The number of carbonyl (C=O) groups is 1. The summed E-state index contributed by atoms with van der Waals surface area (Å²) in [6, 6.07) is 14.2. The van der Waals surface area contributed by atoms with Crippen molar-refractivity contribution in [1.82, 2.24) is 4.98 Å². The van der Waals surface area contributed by atoms with Gasteiger partial charge in [0.2, 0.25) is 0 Å². The number of benzene rings is 2. The zero-order valence-corrected chi connectivity index (χ0v) is 18.9. The fourth-order valence-corrected chi connectivity index (χ4v) is 3.81. The summed E-state index contributed by atoms with van der Waals surface area (Å²) in [6.07, 6.45) is 0. The third-order valence-electron chi connectivity index (χ3n) is 4.27. The number of halogens is 4. The molecular weight excluding hydrogens is 497 g/mol. The van der Waals surface area contributed by atoms with Crippen LogP contribution in [0.5, 0.6) is 11.5 Å². The lowest BCUT2D eigenvalue weighted by atomic mass is 10.2. The summed E-state index contributed by atoms with van der Waals surface area (Å²) in [7, 11) is 0. The number of furan rings is 1. The number of rotatable bonds is 8. The Labute approximate surface area is 200 Å². The number of nitrogens with one attached hydrogen (secondary N) is 1. The zero-order chi connectivity index (χ0) is 23.4. The number of hydrogen-bond acceptors (Lipinski definition) is 6. The van der Waals surface area contributed by atoms with E-state index in [1.54, 1.807) is 41.8 Å². The highest BCUT2D eigenvalue weighted by atomic mass is 35.5. The summed E-state index contributed by atoms with van der Waals surface area (Å²) < 4.78 is 40.0. The Morgan fingerprint density at radius 3 is 2.67 bits per heavy atom. The Bertz CT molecular complexity index is 1260. The number of hydrogen-bond donors (Lipinski definition) is 1. The van der Waals surface area contributed by atoms with Crippen LogP contribution < -0.4 is 14.8 Å². The third kappa shape index (κ3) is 5.81. The van der Waals surface area contributed by atoms with Crippen LogP contribution in [-0.2, 0) is 6.61 Å². The first-order chi connectivity index (χ1) is 15.9. The lowest BCUT2D eigenvalue weighted by molar-refractivity contribution is -0.0498. The van der Waals surface area contributed by atoms with Gasteiger partial charge in [-0.05, 0) is 48.5 Å². The Balaban J connectivity index is 1.36. The van der Waals surface area contributed by atoms with Crippen LogP contribution >= 0.6 is 34.5 Å². The number of carbonyl (C=O) groups excluding carboxylic acids is 1. The molecule has 11 heteroatoms. The van der Waals surface area contributed by atoms with Crippen molar-refractivity contribution in [2.75, 3.05) is 5.32 Å². The van der Waals surface area contributed by atoms with Gasteiger partial charge in [-0.15, -0.1) is 11.3 Å². The molecule has 0 fully saturated rings. The van der Waals surface area contributed by atoms with Gasteiger partial charge < -0.3 is 13.9 Å². The summed E-state index contributed by atoms with van der Waals surface area (Å²) in [4.78, 5) is 16.8. The van der Waals surface area contributed by atoms with Crippen molar-refractivity contribution in [3.05, 3.63) is 81.5 Å². The maximum atomic E-state index is 12.5. The minimum atomic E-state index is -2.89. The highest BCUT2D eigenvalue weighted by molar-refractivity contribution is 7.14. The number of aromatic nitrogens is 1. The SMILES string of the molecule is O=C(Nc1nc(-c2ccc(OC(F)F)cc2)cs1)c1ccc(COc2cccc(Cl)c2Cl)o1. The standard InChI is InChI=1S/C22H14Cl2F2N2O4S/c23-15-2-1-3-17(19(15)24)30-10-14-8-9-18(31-14)20(29)28-22-27-16(11-33-22)12-4-6-13(7-5-12)32-21(25)26/h1-9,11,21H,10H2,(H,27,28,29). The number of ether oxygens (including phenoxy) is 2. The molecule has 0 aliphatic carbocycles. The molecule has 2 heterocycles. The van der Waals surface area contributed by atoms with Crippen LogP contribution in [0.15, 0.2) is 64.4 Å². The maximum absolute atomic E-state index is 12.5. The lowest BCUT2D eigenvalue weighted by Gasteiger charge is -2.07. The average molecular weight is 511 g/mol. The lowest BCUT2D eigenvalue weighted by Crippen LogP contribution is -2.10. The van der Waals surface area contributed by atoms with E-state index in [0.717, 1.165) is 0 Å². The summed E-state index contributed by atoms with van der Waals surface area (Å²) in [6.45, 7) is -2.83. The van der Waals surface area contributed by atoms with Crippen molar-refractivity contribution >= 4 is 45.6 Å². The van der Waals surface area contributed by atoms with Crippen LogP contribution in [0, 0.1) is 0 Å². The van der Waals surface area contributed by atoms with Gasteiger partial charge >= 0.3 is 6.61 Å². The molecule has 4 aromatic rings. The molecule has 0 spiro atoms. The Hall–Kier alpha value is -3.14. The van der Waals surface area contributed by atoms with Crippen LogP contribution in [0.4, 0.5) is 13.9 Å². The van der Waals surface area contributed by atoms with Crippen molar-refractivity contribution in [2.45, 2.75) is 13.2 Å². The minimum Gasteiger partial charge on any atom is -0.484 e. The van der Waals surface area contributed by atoms with Crippen LogP contribution in [0.1, 0.15) is 16.3 Å². The fraction of sp³-hybridized carbons (Fsp3) is 0.0909. The van der Waals surface area contributed by atoms with Gasteiger partial charge in [0.05, 0.1) is 10.7 Å². The van der Waals surface area contributed by atoms with Gasteiger partial charge in [0.25, 0.3) is 5.91 Å². The number of thiazole rings is 1. The second kappa shape index (κ2) is 10.2. The molecule has 0 bridgehead atoms. The molecule has 1 amide bonds. The molecule has 0 atom stereocenters. The van der Waals surface area contributed by atoms with Gasteiger partial charge in [-0.25, -0.2) is 4.98 Å². The van der Waals surface area contributed by atoms with Crippen LogP contribution in [0.3, 0.4) is 0 Å². The third-order valence-corrected chi connectivity index (χ3v) is 5.83. The number of anilines is 1. The van der Waals surface area contributed by atoms with Gasteiger partial charge in [-0.1, -0.05) is 29.3 Å². The number of nitrogens with zero attached hydrogens (tertiary/aromatic N) is 1. The van der Waals surface area contributed by atoms with Gasteiger partial charge in [0.15, 0.2) is 10.9 Å². The van der Waals surface area contributed by atoms with E-state index in [1.807, 2.05) is 0 Å². The number of amides is 1. The van der Waals surface area contributed by atoms with Gasteiger partial charge in [-0.2, -0.15) is 8.78 Å². The van der Waals surface area contributed by atoms with Crippen molar-refractivity contribution in [3.63, 3.8) is 0 Å². The van der Waals surface area contributed by atoms with E-state index in [4.69, 9.17) is 32.4 Å². The molecule has 0 saturated carbocycles. The molecule has 0 saturated heterocycles. The summed E-state index contributed by atoms with van der Waals surface area (Å²) in [5.74, 6) is 0.463. The highest BCUT2D eigenvalue weighted by Crippen LogP contribution is 2.32. The van der Waals surface area contributed by atoms with Crippen LogP contribution in [-0.4, -0.2) is 17.5 Å². The first-order valence-corrected chi connectivity index (χ1v) is 11.0. The molecule has 6 nitrogen and oxygen atoms in total. The van der Waals surface area contributed by atoms with Gasteiger partial charge in [0.1, 0.15) is 28.9 Å². The zero-order valence-electron chi connectivity index (χ0n) is 16.6. The smallest absolute Gasteiger partial charge is 0.387 e. The van der Waals surface area contributed by atoms with E-state index in [-0.39, 0.29) is 18.1 Å². The van der Waals surface area contributed by atoms with E-state index in [2.05, 4.69) is 15.0 Å². The van der Waals surface area contributed by atoms with E-state index in [0.29, 0.717) is 37.9 Å². The summed E-state index contributed by atoms with van der Waals surface area (Å²) in [5, 5.41) is 5.40. The van der Waals surface area contributed by atoms with Gasteiger partial charge in [-0.3, -0.25) is 10.1 Å². The van der Waals surface area contributed by atoms with Gasteiger partial charge in [0, 0.05) is 10.9 Å². The minimum absolute atomic E-state index is 0.0488. The molecule has 0 aliphatic heterocycles. The largest absolute Gasteiger partial charge is 0.484 e. The second-order valence-electron chi connectivity index (χ2n) is 6.50. The second-order valence-corrected chi connectivity index (χ2v) is 8.14. The average Bonchev–Trinajstić information content (AvgIpc) is 3.45. The van der Waals surface area contributed by atoms with Crippen LogP contribution in [0.25, 0.3) is 11.3 Å². The number of alkyl halides is 2. The molecule has 0 radical (unpaired) electrons. The first kappa shape index (κ1) is 23.0. The quantitative estimate of drug-likeness (QED) is 0.272. The predicted molar refractivity (Wildman–Crippen MR) is 122 cm³/mol. The van der Waals surface area contributed by atoms with Crippen LogP contribution in [0.2, 0.25) is 10.0 Å². The Morgan fingerprint density at radius 1 is 1.12 bits per heavy atom. The van der Waals surface area contributed by atoms with E-state index >= 15 is 0 Å². The Morgan fingerprint density at radius 2 is 1.91 bits per heavy atom. The fourth-order valence-electron chi connectivity index (χ4n) is 2.75. The summed E-state index contributed by atoms with van der Waals surface area (Å²) in [5.41, 5.74) is 1.26. The first-order valence-electron chi connectivity index (χ1n) is 9.36. The van der Waals surface area contributed by atoms with Crippen molar-refractivity contribution < 1.29 is 27.5 Å². The molecule has 0 aliphatic rings. The normalized spacial score (nSPS) is 10.9. The van der Waals surface area contributed by atoms with Crippen molar-refractivity contribution in [1.29, 1.82) is 0 Å². The van der Waals surface area contributed by atoms with E-state index in [9.17, 15) is 13.6 Å². The van der Waals surface area contributed by atoms with Crippen molar-refractivity contribution in [3.8, 4) is 22.8 Å². The van der Waals surface area contributed by atoms with E-state index < -0.39 is 12.5 Å². The molecule has 2 aromatic carbocycles. The molecule has 2 aromatic heterocycles. The Kier molecular flexibility index (Phi) is 7.12. The molecule has 33 heavy (non-hydrogen) atoms. The molecular formula is C22H14Cl2F2N2O4S. The molecule has 1 N–H and O–H groups in total. The molecule has 0 unspecified atom stereocenters. The highest BCUT2D eigenvalue weighted by Gasteiger charge is 2.15. The molecule has 4 rings (SSSR count). The van der Waals surface area contributed by atoms with Crippen molar-refractivity contribution in [2.24, 2.45) is 0 Å².